The molecule has 1 N–H and O–H groups in total. The van der Waals surface area contributed by atoms with Gasteiger partial charge in [-0.05, 0) is 40.9 Å². The number of thioether (sulfide) groups is 1. The predicted molar refractivity (Wildman–Crippen MR) is 88.3 cm³/mol. The largest absolute Gasteiger partial charge is 0.353 e. The van der Waals surface area contributed by atoms with Gasteiger partial charge in [-0.25, -0.2) is 0 Å². The van der Waals surface area contributed by atoms with Crippen LogP contribution in [0.5, 0.6) is 0 Å². The van der Waals surface area contributed by atoms with Gasteiger partial charge in [-0.2, -0.15) is 0 Å². The number of hydrogen-bond acceptors (Lipinski definition) is 3. The van der Waals surface area contributed by atoms with Crippen molar-refractivity contribution in [3.05, 3.63) is 28.7 Å². The van der Waals surface area contributed by atoms with Crippen molar-refractivity contribution in [2.75, 3.05) is 18.8 Å². The number of benzene rings is 1. The average Bonchev–Trinajstić information content (AvgIpc) is 2.47. The standard InChI is InChI=1S/C15H19BrN2O2S/c1-11(19)18-8-6-12(7-9-18)17-15(20)10-21-14-5-3-2-4-13(14)16/h2-5,12H,6-10H2,1H3,(H,17,20). The minimum atomic E-state index is 0.0528. The number of carbonyl (C=O) groups is 2. The maximum atomic E-state index is 12.0. The molecule has 1 heterocycles. The minimum absolute atomic E-state index is 0.0528. The van der Waals surface area contributed by atoms with Gasteiger partial charge >= 0.3 is 0 Å². The van der Waals surface area contributed by atoms with Crippen molar-refractivity contribution in [1.82, 2.24) is 10.2 Å². The summed E-state index contributed by atoms with van der Waals surface area (Å²) in [5.74, 6) is 0.580. The van der Waals surface area contributed by atoms with Crippen LogP contribution in [0.15, 0.2) is 33.6 Å². The van der Waals surface area contributed by atoms with Crippen molar-refractivity contribution in [2.24, 2.45) is 0 Å². The molecular weight excluding hydrogens is 352 g/mol. The Morgan fingerprint density at radius 2 is 2.00 bits per heavy atom. The first-order valence-electron chi connectivity index (χ1n) is 6.98. The lowest BCUT2D eigenvalue weighted by atomic mass is 10.1. The molecule has 1 aromatic rings. The van der Waals surface area contributed by atoms with Crippen LogP contribution in [0, 0.1) is 0 Å². The van der Waals surface area contributed by atoms with Gasteiger partial charge in [0.25, 0.3) is 0 Å². The first kappa shape index (κ1) is 16.4. The second-order valence-electron chi connectivity index (χ2n) is 5.07. The van der Waals surface area contributed by atoms with Gasteiger partial charge in [-0.3, -0.25) is 9.59 Å². The third-order valence-electron chi connectivity index (χ3n) is 3.50. The first-order valence-corrected chi connectivity index (χ1v) is 8.76. The molecule has 114 valence electrons. The molecule has 1 aliphatic heterocycles. The fourth-order valence-electron chi connectivity index (χ4n) is 2.31. The summed E-state index contributed by atoms with van der Waals surface area (Å²) in [6.07, 6.45) is 1.68. The van der Waals surface area contributed by atoms with Crippen molar-refractivity contribution >= 4 is 39.5 Å². The van der Waals surface area contributed by atoms with E-state index in [0.717, 1.165) is 35.3 Å². The number of nitrogens with zero attached hydrogens (tertiary/aromatic N) is 1. The van der Waals surface area contributed by atoms with Crippen LogP contribution in [0.3, 0.4) is 0 Å². The van der Waals surface area contributed by atoms with Gasteiger partial charge in [-0.15, -0.1) is 11.8 Å². The molecule has 21 heavy (non-hydrogen) atoms. The molecule has 0 aromatic heterocycles. The molecule has 2 rings (SSSR count). The van der Waals surface area contributed by atoms with E-state index in [-0.39, 0.29) is 17.9 Å². The molecule has 6 heteroatoms. The van der Waals surface area contributed by atoms with E-state index in [4.69, 9.17) is 0 Å². The van der Waals surface area contributed by atoms with E-state index in [0.29, 0.717) is 5.75 Å². The fraction of sp³-hybridized carbons (Fsp3) is 0.467. The number of carbonyl (C=O) groups excluding carboxylic acids is 2. The van der Waals surface area contributed by atoms with E-state index in [1.807, 2.05) is 29.2 Å². The molecular formula is C15H19BrN2O2S. The number of amides is 2. The van der Waals surface area contributed by atoms with E-state index in [1.165, 1.54) is 11.8 Å². The highest BCUT2D eigenvalue weighted by Gasteiger charge is 2.21. The van der Waals surface area contributed by atoms with Crippen LogP contribution in [0.2, 0.25) is 0 Å². The Morgan fingerprint density at radius 3 is 2.62 bits per heavy atom. The minimum Gasteiger partial charge on any atom is -0.353 e. The Morgan fingerprint density at radius 1 is 1.33 bits per heavy atom. The van der Waals surface area contributed by atoms with Crippen LogP contribution >= 0.6 is 27.7 Å². The molecule has 1 aliphatic rings. The van der Waals surface area contributed by atoms with Gasteiger partial charge in [0.2, 0.25) is 11.8 Å². The Kier molecular flexibility index (Phi) is 6.11. The van der Waals surface area contributed by atoms with Gasteiger partial charge in [0.1, 0.15) is 0 Å². The van der Waals surface area contributed by atoms with E-state index in [9.17, 15) is 9.59 Å². The molecule has 1 fully saturated rings. The highest BCUT2D eigenvalue weighted by Crippen LogP contribution is 2.26. The zero-order chi connectivity index (χ0) is 15.2. The summed E-state index contributed by atoms with van der Waals surface area (Å²) < 4.78 is 1.01. The molecule has 0 aliphatic carbocycles. The highest BCUT2D eigenvalue weighted by atomic mass is 79.9. The van der Waals surface area contributed by atoms with Crippen LogP contribution < -0.4 is 5.32 Å². The van der Waals surface area contributed by atoms with Crippen molar-refractivity contribution in [3.63, 3.8) is 0 Å². The summed E-state index contributed by atoms with van der Waals surface area (Å²) in [6, 6.07) is 8.07. The smallest absolute Gasteiger partial charge is 0.230 e. The average molecular weight is 371 g/mol. The SMILES string of the molecule is CC(=O)N1CCC(NC(=O)CSc2ccccc2Br)CC1. The van der Waals surface area contributed by atoms with Crippen LogP contribution in [-0.4, -0.2) is 41.6 Å². The molecule has 0 bridgehead atoms. The summed E-state index contributed by atoms with van der Waals surface area (Å²) in [6.45, 7) is 3.06. The van der Waals surface area contributed by atoms with Gasteiger partial charge in [0.15, 0.2) is 0 Å². The maximum Gasteiger partial charge on any atom is 0.230 e. The third-order valence-corrected chi connectivity index (χ3v) is 5.53. The lowest BCUT2D eigenvalue weighted by Crippen LogP contribution is -2.46. The molecule has 0 spiro atoms. The van der Waals surface area contributed by atoms with Crippen LogP contribution in [-0.2, 0) is 9.59 Å². The Hall–Kier alpha value is -1.01. The molecule has 2 amide bonds. The summed E-state index contributed by atoms with van der Waals surface area (Å²) in [7, 11) is 0. The van der Waals surface area contributed by atoms with E-state index >= 15 is 0 Å². The molecule has 4 nitrogen and oxygen atoms in total. The second-order valence-corrected chi connectivity index (χ2v) is 6.94. The molecule has 1 aromatic carbocycles. The molecule has 0 saturated carbocycles. The Bertz CT molecular complexity index is 516. The number of rotatable bonds is 4. The summed E-state index contributed by atoms with van der Waals surface area (Å²) in [4.78, 5) is 26.1. The zero-order valence-corrected chi connectivity index (χ0v) is 14.4. The van der Waals surface area contributed by atoms with E-state index in [1.54, 1.807) is 6.92 Å². The number of likely N-dealkylation sites (tertiary alicyclic amines) is 1. The van der Waals surface area contributed by atoms with Crippen molar-refractivity contribution in [3.8, 4) is 0 Å². The second kappa shape index (κ2) is 7.84. The van der Waals surface area contributed by atoms with Crippen LogP contribution in [0.4, 0.5) is 0 Å². The summed E-state index contributed by atoms with van der Waals surface area (Å²) in [5.41, 5.74) is 0. The molecule has 0 unspecified atom stereocenters. The van der Waals surface area contributed by atoms with Crippen LogP contribution in [0.25, 0.3) is 0 Å². The lowest BCUT2D eigenvalue weighted by Gasteiger charge is -2.31. The Balaban J connectivity index is 1.73. The van der Waals surface area contributed by atoms with Crippen molar-refractivity contribution < 1.29 is 9.59 Å². The Labute approximate surface area is 137 Å². The molecule has 0 atom stereocenters. The normalized spacial score (nSPS) is 15.8. The van der Waals surface area contributed by atoms with E-state index < -0.39 is 0 Å². The summed E-state index contributed by atoms with van der Waals surface area (Å²) >= 11 is 5.00. The number of piperidine rings is 1. The highest BCUT2D eigenvalue weighted by molar-refractivity contribution is 9.10. The number of hydrogen-bond donors (Lipinski definition) is 1. The quantitative estimate of drug-likeness (QED) is 0.828. The van der Waals surface area contributed by atoms with Gasteiger partial charge in [0.05, 0.1) is 5.75 Å². The maximum absolute atomic E-state index is 12.0. The predicted octanol–water partition coefficient (Wildman–Crippen LogP) is 2.67. The van der Waals surface area contributed by atoms with Gasteiger partial charge in [0, 0.05) is 35.4 Å². The number of nitrogens with one attached hydrogen (secondary N) is 1. The van der Waals surface area contributed by atoms with Crippen molar-refractivity contribution in [1.29, 1.82) is 0 Å². The lowest BCUT2D eigenvalue weighted by molar-refractivity contribution is -0.130. The van der Waals surface area contributed by atoms with Crippen molar-refractivity contribution in [2.45, 2.75) is 30.7 Å². The third kappa shape index (κ3) is 5.04. The molecule has 0 radical (unpaired) electrons. The van der Waals surface area contributed by atoms with Crippen LogP contribution in [0.1, 0.15) is 19.8 Å². The van der Waals surface area contributed by atoms with Gasteiger partial charge in [-0.1, -0.05) is 12.1 Å². The number of halogens is 1. The monoisotopic (exact) mass is 370 g/mol. The van der Waals surface area contributed by atoms with Gasteiger partial charge < -0.3 is 10.2 Å². The zero-order valence-electron chi connectivity index (χ0n) is 12.0. The van der Waals surface area contributed by atoms with E-state index in [2.05, 4.69) is 21.2 Å². The molecule has 1 saturated heterocycles. The fourth-order valence-corrected chi connectivity index (χ4v) is 3.69. The topological polar surface area (TPSA) is 49.4 Å². The first-order chi connectivity index (χ1) is 10.1. The summed E-state index contributed by atoms with van der Waals surface area (Å²) in [5, 5.41) is 3.06.